The van der Waals surface area contributed by atoms with Gasteiger partial charge in [0.1, 0.15) is 11.5 Å². The maximum atomic E-state index is 6.68. The first kappa shape index (κ1) is 18.7. The smallest absolute Gasteiger partial charge is 0.276 e. The van der Waals surface area contributed by atoms with E-state index in [1.807, 2.05) is 18.2 Å². The van der Waals surface area contributed by atoms with Crippen LogP contribution < -0.4 is 9.47 Å². The van der Waals surface area contributed by atoms with Crippen LogP contribution in [-0.2, 0) is 4.74 Å². The largest absolute Gasteiger partial charge is 0.448 e. The molecule has 0 radical (unpaired) electrons. The molecule has 1 spiro atoms. The SMILES string of the molecule is CCCC[C@H]1[C@H](N2CCOCC2)c2ccccc2O[C@]12C=Cc1ccccc1O2. The molecule has 5 rings (SSSR count). The van der Waals surface area contributed by atoms with E-state index in [0.717, 1.165) is 62.6 Å². The zero-order valence-electron chi connectivity index (χ0n) is 17.0. The second-order valence-corrected chi connectivity index (χ2v) is 8.18. The Balaban J connectivity index is 1.61. The highest BCUT2D eigenvalue weighted by molar-refractivity contribution is 5.61. The number of rotatable bonds is 4. The van der Waals surface area contributed by atoms with Gasteiger partial charge in [0.15, 0.2) is 0 Å². The zero-order valence-corrected chi connectivity index (χ0v) is 17.0. The Morgan fingerprint density at radius 1 is 0.966 bits per heavy atom. The van der Waals surface area contributed by atoms with Crippen molar-refractivity contribution in [2.45, 2.75) is 38.0 Å². The monoisotopic (exact) mass is 391 g/mol. The fraction of sp³-hybridized carbons (Fsp3) is 0.440. The van der Waals surface area contributed by atoms with Crippen molar-refractivity contribution >= 4 is 6.08 Å². The van der Waals surface area contributed by atoms with Gasteiger partial charge in [0.05, 0.1) is 19.1 Å². The average Bonchev–Trinajstić information content (AvgIpc) is 2.78. The summed E-state index contributed by atoms with van der Waals surface area (Å²) in [5, 5.41) is 0. The second-order valence-electron chi connectivity index (χ2n) is 8.18. The molecule has 1 saturated heterocycles. The van der Waals surface area contributed by atoms with Crippen LogP contribution in [0.15, 0.2) is 54.6 Å². The number of hydrogen-bond acceptors (Lipinski definition) is 4. The fourth-order valence-electron chi connectivity index (χ4n) is 4.97. The lowest BCUT2D eigenvalue weighted by atomic mass is 9.77. The summed E-state index contributed by atoms with van der Waals surface area (Å²) in [6.07, 6.45) is 7.68. The summed E-state index contributed by atoms with van der Waals surface area (Å²) in [7, 11) is 0. The van der Waals surface area contributed by atoms with Crippen molar-refractivity contribution < 1.29 is 14.2 Å². The maximum absolute atomic E-state index is 6.68. The van der Waals surface area contributed by atoms with Crippen molar-refractivity contribution in [3.63, 3.8) is 0 Å². The lowest BCUT2D eigenvalue weighted by molar-refractivity contribution is -0.161. The molecule has 3 heterocycles. The van der Waals surface area contributed by atoms with E-state index in [4.69, 9.17) is 14.2 Å². The number of ether oxygens (including phenoxy) is 3. The molecule has 1 fully saturated rings. The van der Waals surface area contributed by atoms with Crippen LogP contribution in [0.4, 0.5) is 0 Å². The average molecular weight is 392 g/mol. The highest BCUT2D eigenvalue weighted by atomic mass is 16.7. The third kappa shape index (κ3) is 3.34. The van der Waals surface area contributed by atoms with Crippen LogP contribution in [0.1, 0.15) is 43.4 Å². The first-order valence-corrected chi connectivity index (χ1v) is 10.9. The van der Waals surface area contributed by atoms with E-state index >= 15 is 0 Å². The lowest BCUT2D eigenvalue weighted by Gasteiger charge is -2.51. The van der Waals surface area contributed by atoms with E-state index in [2.05, 4.69) is 54.3 Å². The van der Waals surface area contributed by atoms with Crippen LogP contribution >= 0.6 is 0 Å². The lowest BCUT2D eigenvalue weighted by Crippen LogP contribution is -2.57. The van der Waals surface area contributed by atoms with Crippen LogP contribution in [0, 0.1) is 5.92 Å². The van der Waals surface area contributed by atoms with E-state index in [0.29, 0.717) is 0 Å². The fourth-order valence-corrected chi connectivity index (χ4v) is 4.97. The predicted molar refractivity (Wildman–Crippen MR) is 114 cm³/mol. The van der Waals surface area contributed by atoms with Crippen molar-refractivity contribution in [1.29, 1.82) is 0 Å². The number of morpholine rings is 1. The Hall–Kier alpha value is -2.30. The van der Waals surface area contributed by atoms with E-state index in [1.54, 1.807) is 0 Å². The van der Waals surface area contributed by atoms with Crippen molar-refractivity contribution in [1.82, 2.24) is 4.90 Å². The Morgan fingerprint density at radius 2 is 1.69 bits per heavy atom. The molecule has 0 unspecified atom stereocenters. The minimum absolute atomic E-state index is 0.208. The normalized spacial score (nSPS) is 28.3. The van der Waals surface area contributed by atoms with Gasteiger partial charge in [-0.3, -0.25) is 4.90 Å². The number of fused-ring (bicyclic) bond motifs is 2. The molecular weight excluding hydrogens is 362 g/mol. The summed E-state index contributed by atoms with van der Waals surface area (Å²) in [6, 6.07) is 17.0. The van der Waals surface area contributed by atoms with Crippen LogP contribution in [0.5, 0.6) is 11.5 Å². The van der Waals surface area contributed by atoms with E-state index < -0.39 is 5.79 Å². The van der Waals surface area contributed by atoms with Crippen LogP contribution in [0.25, 0.3) is 6.08 Å². The zero-order chi connectivity index (χ0) is 19.7. The maximum Gasteiger partial charge on any atom is 0.276 e. The Labute approximate surface area is 173 Å². The number of para-hydroxylation sites is 2. The highest BCUT2D eigenvalue weighted by Gasteiger charge is 2.53. The van der Waals surface area contributed by atoms with E-state index in [9.17, 15) is 0 Å². The minimum atomic E-state index is -0.777. The molecule has 2 aromatic rings. The van der Waals surface area contributed by atoms with Gasteiger partial charge >= 0.3 is 0 Å². The molecule has 4 nitrogen and oxygen atoms in total. The van der Waals surface area contributed by atoms with E-state index in [-0.39, 0.29) is 12.0 Å². The predicted octanol–water partition coefficient (Wildman–Crippen LogP) is 5.06. The molecule has 0 N–H and O–H groups in total. The molecular formula is C25H29NO3. The van der Waals surface area contributed by atoms with Crippen molar-refractivity contribution in [3.05, 3.63) is 65.7 Å². The van der Waals surface area contributed by atoms with Gasteiger partial charge in [-0.15, -0.1) is 0 Å². The third-order valence-electron chi connectivity index (χ3n) is 6.40. The molecule has 152 valence electrons. The standard InChI is InChI=1S/C25H29NO3/c1-2-3-10-21-24(26-15-17-27-18-16-26)20-9-5-7-12-23(20)29-25(21)14-13-19-8-4-6-11-22(19)28-25/h4-9,11-14,21,24H,2-3,10,15-18H2,1H3/t21-,24+,25+/m0/s1. The molecule has 0 aliphatic carbocycles. The van der Waals surface area contributed by atoms with Crippen LogP contribution in [-0.4, -0.2) is 37.0 Å². The number of benzene rings is 2. The molecule has 0 bridgehead atoms. The van der Waals surface area contributed by atoms with Crippen molar-refractivity contribution in [3.8, 4) is 11.5 Å². The molecule has 0 amide bonds. The first-order valence-electron chi connectivity index (χ1n) is 10.9. The van der Waals surface area contributed by atoms with Gasteiger partial charge < -0.3 is 14.2 Å². The van der Waals surface area contributed by atoms with E-state index in [1.165, 1.54) is 5.56 Å². The van der Waals surface area contributed by atoms with Gasteiger partial charge in [0, 0.05) is 36.3 Å². The molecule has 2 aromatic carbocycles. The second kappa shape index (κ2) is 7.85. The molecule has 0 aromatic heterocycles. The number of unbranched alkanes of at least 4 members (excludes halogenated alkanes) is 1. The van der Waals surface area contributed by atoms with Crippen LogP contribution in [0.3, 0.4) is 0 Å². The molecule has 29 heavy (non-hydrogen) atoms. The van der Waals surface area contributed by atoms with Gasteiger partial charge in [-0.25, -0.2) is 0 Å². The Kier molecular flexibility index (Phi) is 5.06. The summed E-state index contributed by atoms with van der Waals surface area (Å²) >= 11 is 0. The summed E-state index contributed by atoms with van der Waals surface area (Å²) in [5.74, 6) is 1.26. The minimum Gasteiger partial charge on any atom is -0.448 e. The quantitative estimate of drug-likeness (QED) is 0.729. The van der Waals surface area contributed by atoms with Crippen molar-refractivity contribution in [2.24, 2.45) is 5.92 Å². The molecule has 3 atom stereocenters. The Bertz CT molecular complexity index is 889. The summed E-state index contributed by atoms with van der Waals surface area (Å²) in [6.45, 7) is 5.70. The third-order valence-corrected chi connectivity index (χ3v) is 6.40. The van der Waals surface area contributed by atoms with Gasteiger partial charge in [0.2, 0.25) is 0 Å². The van der Waals surface area contributed by atoms with Gasteiger partial charge in [-0.05, 0) is 24.6 Å². The number of hydrogen-bond donors (Lipinski definition) is 0. The van der Waals surface area contributed by atoms with Crippen LogP contribution in [0.2, 0.25) is 0 Å². The molecule has 0 saturated carbocycles. The molecule has 4 heteroatoms. The first-order chi connectivity index (χ1) is 14.3. The van der Waals surface area contributed by atoms with Crippen molar-refractivity contribution in [2.75, 3.05) is 26.3 Å². The van der Waals surface area contributed by atoms with Gasteiger partial charge in [-0.2, -0.15) is 0 Å². The summed E-state index contributed by atoms with van der Waals surface area (Å²) < 4.78 is 19.0. The highest BCUT2D eigenvalue weighted by Crippen LogP contribution is 2.51. The number of nitrogens with zero attached hydrogens (tertiary/aromatic N) is 1. The van der Waals surface area contributed by atoms with Gasteiger partial charge in [0.25, 0.3) is 5.79 Å². The molecule has 3 aliphatic heterocycles. The summed E-state index contributed by atoms with van der Waals surface area (Å²) in [5.41, 5.74) is 2.38. The van der Waals surface area contributed by atoms with Gasteiger partial charge in [-0.1, -0.05) is 56.2 Å². The Morgan fingerprint density at radius 3 is 2.52 bits per heavy atom. The topological polar surface area (TPSA) is 30.9 Å². The summed E-state index contributed by atoms with van der Waals surface area (Å²) in [4.78, 5) is 2.57. The molecule has 3 aliphatic rings.